The van der Waals surface area contributed by atoms with Crippen molar-refractivity contribution in [2.75, 3.05) is 11.9 Å². The summed E-state index contributed by atoms with van der Waals surface area (Å²) < 4.78 is 0. The lowest BCUT2D eigenvalue weighted by molar-refractivity contribution is 0.549. The molecule has 0 saturated carbocycles. The molecule has 1 nitrogen and oxygen atoms in total. The summed E-state index contributed by atoms with van der Waals surface area (Å²) in [5, 5.41) is 3.48. The molecular weight excluding hydrogens is 254 g/mol. The van der Waals surface area contributed by atoms with Crippen LogP contribution in [-0.4, -0.2) is 6.54 Å². The molecule has 1 aromatic carbocycles. The van der Waals surface area contributed by atoms with Gasteiger partial charge in [0.15, 0.2) is 0 Å². The molecule has 0 bridgehead atoms. The first-order chi connectivity index (χ1) is 10.4. The van der Waals surface area contributed by atoms with Crippen molar-refractivity contribution in [1.82, 2.24) is 0 Å². The van der Waals surface area contributed by atoms with Gasteiger partial charge in [0, 0.05) is 12.2 Å². The molecule has 0 atom stereocenters. The predicted molar refractivity (Wildman–Crippen MR) is 95.7 cm³/mol. The zero-order chi connectivity index (χ0) is 15.0. The molecule has 1 N–H and O–H groups in total. The lowest BCUT2D eigenvalue weighted by Crippen LogP contribution is -2.00. The van der Waals surface area contributed by atoms with E-state index in [0.29, 0.717) is 0 Å². The second-order valence-corrected chi connectivity index (χ2v) is 6.04. The minimum atomic E-state index is 1.11. The molecule has 0 aromatic heterocycles. The van der Waals surface area contributed by atoms with Gasteiger partial charge in [-0.15, -0.1) is 0 Å². The highest BCUT2D eigenvalue weighted by Gasteiger charge is 1.94. The summed E-state index contributed by atoms with van der Waals surface area (Å²) in [4.78, 5) is 0. The van der Waals surface area contributed by atoms with E-state index in [2.05, 4.69) is 42.6 Å². The number of unbranched alkanes of at least 4 members (excludes halogenated alkanes) is 11. The molecule has 1 radical (unpaired) electrons. The lowest BCUT2D eigenvalue weighted by Gasteiger charge is -2.06. The van der Waals surface area contributed by atoms with Crippen molar-refractivity contribution in [3.05, 3.63) is 37.3 Å². The Kier molecular flexibility index (Phi) is 12.0. The van der Waals surface area contributed by atoms with Crippen molar-refractivity contribution in [1.29, 1.82) is 0 Å². The topological polar surface area (TPSA) is 12.0 Å². The fraction of sp³-hybridized carbons (Fsp3) is 0.650. The number of anilines is 1. The quantitative estimate of drug-likeness (QED) is 0.380. The molecular formula is C20H34N. The van der Waals surface area contributed by atoms with Gasteiger partial charge in [-0.1, -0.05) is 95.8 Å². The average Bonchev–Trinajstić information content (AvgIpc) is 2.53. The highest BCUT2D eigenvalue weighted by atomic mass is 14.9. The minimum absolute atomic E-state index is 1.11. The van der Waals surface area contributed by atoms with Crippen LogP contribution in [0.2, 0.25) is 0 Å². The predicted octanol–water partition coefficient (Wildman–Crippen LogP) is 6.61. The highest BCUT2D eigenvalue weighted by molar-refractivity contribution is 5.42. The largest absolute Gasteiger partial charge is 0.385 e. The van der Waals surface area contributed by atoms with Crippen LogP contribution in [-0.2, 0) is 0 Å². The van der Waals surface area contributed by atoms with Crippen LogP contribution in [0.4, 0.5) is 5.69 Å². The van der Waals surface area contributed by atoms with E-state index in [9.17, 15) is 0 Å². The van der Waals surface area contributed by atoms with Crippen LogP contribution in [0.1, 0.15) is 77.0 Å². The van der Waals surface area contributed by atoms with Crippen LogP contribution < -0.4 is 5.32 Å². The van der Waals surface area contributed by atoms with Crippen molar-refractivity contribution in [3.63, 3.8) is 0 Å². The average molecular weight is 288 g/mol. The first-order valence-electron chi connectivity index (χ1n) is 9.01. The van der Waals surface area contributed by atoms with E-state index in [1.807, 2.05) is 0 Å². The van der Waals surface area contributed by atoms with Gasteiger partial charge in [0.1, 0.15) is 0 Å². The molecule has 0 saturated heterocycles. The summed E-state index contributed by atoms with van der Waals surface area (Å²) in [6.45, 7) is 4.99. The van der Waals surface area contributed by atoms with Gasteiger partial charge in [0.05, 0.1) is 0 Å². The Bertz CT molecular complexity index is 307. The summed E-state index contributed by atoms with van der Waals surface area (Å²) >= 11 is 0. The maximum Gasteiger partial charge on any atom is 0.0340 e. The zero-order valence-corrected chi connectivity index (χ0v) is 13.8. The number of hydrogen-bond acceptors (Lipinski definition) is 1. The fourth-order valence-electron chi connectivity index (χ4n) is 2.68. The molecule has 0 aliphatic carbocycles. The number of benzene rings is 1. The molecule has 1 heteroatoms. The summed E-state index contributed by atoms with van der Waals surface area (Å²) in [5.74, 6) is 0. The number of para-hydroxylation sites is 1. The van der Waals surface area contributed by atoms with E-state index in [4.69, 9.17) is 0 Å². The van der Waals surface area contributed by atoms with Crippen LogP contribution in [0.15, 0.2) is 30.3 Å². The van der Waals surface area contributed by atoms with Gasteiger partial charge in [-0.2, -0.15) is 0 Å². The standard InChI is InChI=1S/C20H34N/c1-2-3-4-5-6-7-8-9-10-11-12-16-19-21-20-17-14-13-15-18-20/h13-15,17-18,21H,1-12,16,19H2. The Morgan fingerprint density at radius 2 is 1.10 bits per heavy atom. The van der Waals surface area contributed by atoms with Gasteiger partial charge < -0.3 is 5.32 Å². The molecule has 0 fully saturated rings. The SMILES string of the molecule is [CH2]CCCCCCCCCCCCCNc1ccccc1. The molecule has 119 valence electrons. The van der Waals surface area contributed by atoms with Gasteiger partial charge in [-0.05, 0) is 18.6 Å². The van der Waals surface area contributed by atoms with Crippen molar-refractivity contribution in [2.45, 2.75) is 77.0 Å². The lowest BCUT2D eigenvalue weighted by atomic mass is 10.1. The first kappa shape index (κ1) is 18.1. The second-order valence-electron chi connectivity index (χ2n) is 6.04. The molecule has 0 spiro atoms. The van der Waals surface area contributed by atoms with E-state index in [0.717, 1.165) is 13.0 Å². The van der Waals surface area contributed by atoms with Gasteiger partial charge in [0.25, 0.3) is 0 Å². The van der Waals surface area contributed by atoms with Crippen molar-refractivity contribution in [2.24, 2.45) is 0 Å². The van der Waals surface area contributed by atoms with Crippen LogP contribution in [0.25, 0.3) is 0 Å². The third-order valence-corrected chi connectivity index (χ3v) is 4.03. The van der Waals surface area contributed by atoms with Crippen molar-refractivity contribution >= 4 is 5.69 Å². The molecule has 0 aliphatic heterocycles. The summed E-state index contributed by atoms with van der Waals surface area (Å²) in [6, 6.07) is 10.5. The molecule has 0 heterocycles. The van der Waals surface area contributed by atoms with Gasteiger partial charge >= 0.3 is 0 Å². The molecule has 0 aliphatic rings. The van der Waals surface area contributed by atoms with Crippen LogP contribution >= 0.6 is 0 Å². The van der Waals surface area contributed by atoms with E-state index < -0.39 is 0 Å². The van der Waals surface area contributed by atoms with Crippen LogP contribution in [0.5, 0.6) is 0 Å². The van der Waals surface area contributed by atoms with Crippen molar-refractivity contribution in [3.8, 4) is 0 Å². The molecule has 1 aromatic rings. The molecule has 0 amide bonds. The van der Waals surface area contributed by atoms with Crippen LogP contribution in [0.3, 0.4) is 0 Å². The number of nitrogens with one attached hydrogen (secondary N) is 1. The highest BCUT2D eigenvalue weighted by Crippen LogP contribution is 2.12. The minimum Gasteiger partial charge on any atom is -0.385 e. The van der Waals surface area contributed by atoms with Crippen molar-refractivity contribution < 1.29 is 0 Å². The smallest absolute Gasteiger partial charge is 0.0340 e. The fourth-order valence-corrected chi connectivity index (χ4v) is 2.68. The summed E-state index contributed by atoms with van der Waals surface area (Å²) in [5.41, 5.74) is 1.25. The van der Waals surface area contributed by atoms with Gasteiger partial charge in [-0.3, -0.25) is 0 Å². The zero-order valence-electron chi connectivity index (χ0n) is 13.8. The Labute approximate surface area is 132 Å². The Morgan fingerprint density at radius 3 is 1.62 bits per heavy atom. The van der Waals surface area contributed by atoms with E-state index >= 15 is 0 Å². The Hall–Kier alpha value is -0.980. The molecule has 0 unspecified atom stereocenters. The van der Waals surface area contributed by atoms with E-state index in [1.165, 1.54) is 76.3 Å². The number of rotatable bonds is 14. The third kappa shape index (κ3) is 11.4. The normalized spacial score (nSPS) is 10.7. The molecule has 1 rings (SSSR count). The molecule has 21 heavy (non-hydrogen) atoms. The summed E-state index contributed by atoms with van der Waals surface area (Å²) in [6.07, 6.45) is 16.4. The monoisotopic (exact) mass is 288 g/mol. The van der Waals surface area contributed by atoms with Gasteiger partial charge in [0.2, 0.25) is 0 Å². The maximum atomic E-state index is 3.89. The van der Waals surface area contributed by atoms with E-state index in [1.54, 1.807) is 0 Å². The second kappa shape index (κ2) is 14.0. The number of hydrogen-bond donors (Lipinski definition) is 1. The van der Waals surface area contributed by atoms with Crippen LogP contribution in [0, 0.1) is 6.92 Å². The van der Waals surface area contributed by atoms with E-state index in [-0.39, 0.29) is 0 Å². The maximum absolute atomic E-state index is 3.89. The Balaban J connectivity index is 1.75. The third-order valence-electron chi connectivity index (χ3n) is 4.03. The Morgan fingerprint density at radius 1 is 0.619 bits per heavy atom. The van der Waals surface area contributed by atoms with Gasteiger partial charge in [-0.25, -0.2) is 0 Å². The first-order valence-corrected chi connectivity index (χ1v) is 9.01. The summed E-state index contributed by atoms with van der Waals surface area (Å²) in [7, 11) is 0.